The van der Waals surface area contributed by atoms with Crippen LogP contribution in [0.5, 0.6) is 0 Å². The minimum absolute atomic E-state index is 0.0777. The van der Waals surface area contributed by atoms with Crippen LogP contribution in [-0.2, 0) is 14.4 Å². The van der Waals surface area contributed by atoms with E-state index >= 15 is 0 Å². The van der Waals surface area contributed by atoms with Gasteiger partial charge in [-0.3, -0.25) is 14.4 Å². The fraction of sp³-hybridized carbons (Fsp3) is 0.471. The van der Waals surface area contributed by atoms with Gasteiger partial charge in [-0.2, -0.15) is 0 Å². The molecule has 23 heavy (non-hydrogen) atoms. The van der Waals surface area contributed by atoms with Gasteiger partial charge in [0.15, 0.2) is 0 Å². The summed E-state index contributed by atoms with van der Waals surface area (Å²) in [6.07, 6.45) is 1.06. The Bertz CT molecular complexity index is 609. The van der Waals surface area contributed by atoms with Crippen LogP contribution in [0.2, 0.25) is 0 Å². The minimum Gasteiger partial charge on any atom is -0.481 e. The molecule has 1 aromatic carbocycles. The minimum atomic E-state index is -1.13. The largest absolute Gasteiger partial charge is 0.481 e. The first-order valence-corrected chi connectivity index (χ1v) is 7.60. The van der Waals surface area contributed by atoms with Crippen molar-refractivity contribution >= 4 is 29.2 Å². The first-order chi connectivity index (χ1) is 10.7. The Labute approximate surface area is 136 Å². The molecule has 0 saturated carbocycles. The van der Waals surface area contributed by atoms with Crippen LogP contribution < -0.4 is 10.6 Å². The third kappa shape index (κ3) is 5.39. The highest BCUT2D eigenvalue weighted by atomic mass is 16.4. The number of carbonyl (C=O) groups excluding carboxylic acids is 2. The average Bonchev–Trinajstić information content (AvgIpc) is 2.42. The predicted molar refractivity (Wildman–Crippen MR) is 89.4 cm³/mol. The summed E-state index contributed by atoms with van der Waals surface area (Å²) < 4.78 is 0. The molecule has 0 aliphatic heterocycles. The number of carbonyl (C=O) groups is 3. The molecule has 0 aliphatic rings. The number of aliphatic carboxylic acids is 1. The van der Waals surface area contributed by atoms with Gasteiger partial charge < -0.3 is 15.7 Å². The van der Waals surface area contributed by atoms with E-state index in [1.807, 2.05) is 6.92 Å². The number of hydrogen-bond acceptors (Lipinski definition) is 3. The normalized spacial score (nSPS) is 11.0. The molecule has 3 N–H and O–H groups in total. The van der Waals surface area contributed by atoms with E-state index in [0.29, 0.717) is 17.8 Å². The predicted octanol–water partition coefficient (Wildman–Crippen LogP) is 3.17. The van der Waals surface area contributed by atoms with Gasteiger partial charge in [-0.1, -0.05) is 13.0 Å². The quantitative estimate of drug-likeness (QED) is 0.719. The van der Waals surface area contributed by atoms with E-state index in [1.54, 1.807) is 25.1 Å². The molecular formula is C17H24N2O4. The lowest BCUT2D eigenvalue weighted by Gasteiger charge is -2.19. The highest BCUT2D eigenvalue weighted by molar-refractivity contribution is 5.97. The van der Waals surface area contributed by atoms with Crippen molar-refractivity contribution in [3.05, 3.63) is 23.8 Å². The molecule has 0 spiro atoms. The lowest BCUT2D eigenvalue weighted by atomic mass is 9.89. The van der Waals surface area contributed by atoms with E-state index in [-0.39, 0.29) is 18.2 Å². The Hall–Kier alpha value is -2.37. The van der Waals surface area contributed by atoms with Crippen molar-refractivity contribution in [2.75, 3.05) is 10.6 Å². The molecule has 0 heterocycles. The summed E-state index contributed by atoms with van der Waals surface area (Å²) in [6, 6.07) is 5.21. The Morgan fingerprint density at radius 3 is 2.09 bits per heavy atom. The fourth-order valence-electron chi connectivity index (χ4n) is 2.02. The van der Waals surface area contributed by atoms with Crippen molar-refractivity contribution in [3.63, 3.8) is 0 Å². The zero-order valence-electron chi connectivity index (χ0n) is 14.0. The Balaban J connectivity index is 2.84. The van der Waals surface area contributed by atoms with Crippen molar-refractivity contribution in [1.82, 2.24) is 0 Å². The van der Waals surface area contributed by atoms with Crippen molar-refractivity contribution in [2.24, 2.45) is 5.41 Å². The van der Waals surface area contributed by atoms with E-state index < -0.39 is 11.4 Å². The maximum Gasteiger partial charge on any atom is 0.309 e. The fourth-order valence-corrected chi connectivity index (χ4v) is 2.02. The van der Waals surface area contributed by atoms with Gasteiger partial charge >= 0.3 is 5.97 Å². The SMILES string of the molecule is CCCC(=O)Nc1cccc(NC(=O)CC(C)(C)C(=O)O)c1C. The summed E-state index contributed by atoms with van der Waals surface area (Å²) in [7, 11) is 0. The number of rotatable bonds is 7. The Morgan fingerprint density at radius 2 is 1.61 bits per heavy atom. The first-order valence-electron chi connectivity index (χ1n) is 7.60. The summed E-state index contributed by atoms with van der Waals surface area (Å²) >= 11 is 0. The third-order valence-electron chi connectivity index (χ3n) is 3.54. The van der Waals surface area contributed by atoms with E-state index in [0.717, 1.165) is 12.0 Å². The van der Waals surface area contributed by atoms with Gasteiger partial charge in [0.1, 0.15) is 0 Å². The van der Waals surface area contributed by atoms with Crippen LogP contribution in [-0.4, -0.2) is 22.9 Å². The van der Waals surface area contributed by atoms with Gasteiger partial charge in [-0.15, -0.1) is 0 Å². The van der Waals surface area contributed by atoms with Crippen molar-refractivity contribution in [2.45, 2.75) is 47.0 Å². The number of benzene rings is 1. The van der Waals surface area contributed by atoms with Crippen LogP contribution in [0.25, 0.3) is 0 Å². The van der Waals surface area contributed by atoms with E-state index in [2.05, 4.69) is 10.6 Å². The number of amides is 2. The first kappa shape index (κ1) is 18.7. The van der Waals surface area contributed by atoms with Gasteiger partial charge in [0.05, 0.1) is 5.41 Å². The van der Waals surface area contributed by atoms with Gasteiger partial charge in [0.2, 0.25) is 11.8 Å². The molecule has 0 aliphatic carbocycles. The summed E-state index contributed by atoms with van der Waals surface area (Å²) in [4.78, 5) is 34.8. The van der Waals surface area contributed by atoms with Gasteiger partial charge in [0.25, 0.3) is 0 Å². The molecule has 2 amide bonds. The molecule has 1 rings (SSSR count). The molecule has 6 heteroatoms. The zero-order valence-corrected chi connectivity index (χ0v) is 14.0. The molecule has 1 aromatic rings. The molecule has 0 atom stereocenters. The topological polar surface area (TPSA) is 95.5 Å². The smallest absolute Gasteiger partial charge is 0.309 e. The molecular weight excluding hydrogens is 296 g/mol. The van der Waals surface area contributed by atoms with Crippen LogP contribution in [0.1, 0.15) is 45.6 Å². The standard InChI is InChI=1S/C17H24N2O4/c1-5-7-14(20)18-12-8-6-9-13(11(12)2)19-15(21)10-17(3,4)16(22)23/h6,8-9H,5,7,10H2,1-4H3,(H,18,20)(H,19,21)(H,22,23). The maximum absolute atomic E-state index is 12.1. The van der Waals surface area contributed by atoms with E-state index in [1.165, 1.54) is 13.8 Å². The van der Waals surface area contributed by atoms with Crippen LogP contribution in [0.4, 0.5) is 11.4 Å². The average molecular weight is 320 g/mol. The highest BCUT2D eigenvalue weighted by Gasteiger charge is 2.30. The van der Waals surface area contributed by atoms with Gasteiger partial charge in [0, 0.05) is 24.2 Å². The highest BCUT2D eigenvalue weighted by Crippen LogP contribution is 2.26. The van der Waals surface area contributed by atoms with Gasteiger partial charge in [-0.25, -0.2) is 0 Å². The number of carboxylic acids is 1. The van der Waals surface area contributed by atoms with Crippen molar-refractivity contribution < 1.29 is 19.5 Å². The molecule has 0 bridgehead atoms. The number of hydrogen-bond donors (Lipinski definition) is 3. The molecule has 0 aromatic heterocycles. The summed E-state index contributed by atoms with van der Waals surface area (Å²) in [6.45, 7) is 6.72. The monoisotopic (exact) mass is 320 g/mol. The van der Waals surface area contributed by atoms with Crippen LogP contribution >= 0.6 is 0 Å². The maximum atomic E-state index is 12.1. The Kier molecular flexibility index (Phi) is 6.30. The molecule has 0 unspecified atom stereocenters. The molecule has 0 fully saturated rings. The van der Waals surface area contributed by atoms with E-state index in [4.69, 9.17) is 5.11 Å². The number of carboxylic acid groups (broad SMARTS) is 1. The van der Waals surface area contributed by atoms with Crippen molar-refractivity contribution in [3.8, 4) is 0 Å². The van der Waals surface area contributed by atoms with Crippen LogP contribution in [0.3, 0.4) is 0 Å². The summed E-state index contributed by atoms with van der Waals surface area (Å²) in [5, 5.41) is 14.6. The molecule has 0 radical (unpaired) electrons. The Morgan fingerprint density at radius 1 is 1.09 bits per heavy atom. The molecule has 6 nitrogen and oxygen atoms in total. The van der Waals surface area contributed by atoms with E-state index in [9.17, 15) is 14.4 Å². The zero-order chi connectivity index (χ0) is 17.6. The lowest BCUT2D eigenvalue weighted by molar-refractivity contribution is -0.149. The van der Waals surface area contributed by atoms with Crippen LogP contribution in [0, 0.1) is 12.3 Å². The second-order valence-electron chi connectivity index (χ2n) is 6.19. The molecule has 126 valence electrons. The number of anilines is 2. The van der Waals surface area contributed by atoms with Crippen LogP contribution in [0.15, 0.2) is 18.2 Å². The third-order valence-corrected chi connectivity index (χ3v) is 3.54. The van der Waals surface area contributed by atoms with Crippen molar-refractivity contribution in [1.29, 1.82) is 0 Å². The number of nitrogens with one attached hydrogen (secondary N) is 2. The summed E-state index contributed by atoms with van der Waals surface area (Å²) in [5.41, 5.74) is 0.799. The van der Waals surface area contributed by atoms with Gasteiger partial charge in [-0.05, 0) is 44.9 Å². The second-order valence-corrected chi connectivity index (χ2v) is 6.19. The molecule has 0 saturated heterocycles. The second kappa shape index (κ2) is 7.76. The lowest BCUT2D eigenvalue weighted by Crippen LogP contribution is -2.29. The summed E-state index contributed by atoms with van der Waals surface area (Å²) in [5.74, 6) is -1.48.